The number of carbonyl (C=O) groups excluding carboxylic acids is 1. The molecule has 152 valence electrons. The molecule has 10 heteroatoms. The normalized spacial score (nSPS) is 11.7. The molecule has 1 atom stereocenters. The highest BCUT2D eigenvalue weighted by Crippen LogP contribution is 2.14. The molecular weight excluding hydrogens is 372 g/mol. The van der Waals surface area contributed by atoms with Gasteiger partial charge in [0.15, 0.2) is 5.82 Å². The summed E-state index contributed by atoms with van der Waals surface area (Å²) in [6.07, 6.45) is 0.168. The molecule has 0 radical (unpaired) electrons. The van der Waals surface area contributed by atoms with Gasteiger partial charge in [-0.05, 0) is 26.0 Å². The maximum Gasteiger partial charge on any atom is 0.233 e. The van der Waals surface area contributed by atoms with Gasteiger partial charge in [0.2, 0.25) is 17.8 Å². The minimum atomic E-state index is -0.138. The van der Waals surface area contributed by atoms with Gasteiger partial charge >= 0.3 is 0 Å². The van der Waals surface area contributed by atoms with E-state index in [2.05, 4.69) is 41.1 Å². The maximum atomic E-state index is 12.2. The van der Waals surface area contributed by atoms with Gasteiger partial charge in [0.25, 0.3) is 0 Å². The molecule has 0 aliphatic rings. The van der Waals surface area contributed by atoms with E-state index in [1.54, 1.807) is 20.1 Å². The lowest BCUT2D eigenvalue weighted by molar-refractivity contribution is -0.115. The van der Waals surface area contributed by atoms with E-state index in [0.29, 0.717) is 35.8 Å². The Labute approximate surface area is 168 Å². The fourth-order valence-corrected chi connectivity index (χ4v) is 2.64. The molecular formula is C19H24N8O2. The number of nitrogens with zero attached hydrogens (tertiary/aromatic N) is 4. The molecule has 2 heterocycles. The van der Waals surface area contributed by atoms with Crippen molar-refractivity contribution in [1.29, 1.82) is 0 Å². The molecule has 0 saturated carbocycles. The molecule has 3 rings (SSSR count). The van der Waals surface area contributed by atoms with Crippen molar-refractivity contribution in [3.8, 4) is 0 Å². The summed E-state index contributed by atoms with van der Waals surface area (Å²) in [6.45, 7) is 4.28. The maximum absolute atomic E-state index is 12.2. The Morgan fingerprint density at radius 2 is 1.93 bits per heavy atom. The van der Waals surface area contributed by atoms with Gasteiger partial charge < -0.3 is 20.7 Å². The van der Waals surface area contributed by atoms with Crippen molar-refractivity contribution < 1.29 is 9.53 Å². The first-order chi connectivity index (χ1) is 14.0. The van der Waals surface area contributed by atoms with E-state index in [4.69, 9.17) is 4.74 Å². The van der Waals surface area contributed by atoms with Crippen LogP contribution in [0.25, 0.3) is 0 Å². The highest BCUT2D eigenvalue weighted by molar-refractivity contribution is 5.92. The summed E-state index contributed by atoms with van der Waals surface area (Å²) in [5.74, 6) is 1.74. The Morgan fingerprint density at radius 1 is 1.17 bits per heavy atom. The van der Waals surface area contributed by atoms with Gasteiger partial charge in [0.1, 0.15) is 5.82 Å². The van der Waals surface area contributed by atoms with Crippen LogP contribution in [0.5, 0.6) is 0 Å². The average Bonchev–Trinajstić information content (AvgIpc) is 3.08. The third kappa shape index (κ3) is 6.25. The third-order valence-electron chi connectivity index (χ3n) is 3.82. The predicted molar refractivity (Wildman–Crippen MR) is 110 cm³/mol. The number of hydrogen-bond donors (Lipinski definition) is 4. The highest BCUT2D eigenvalue weighted by Gasteiger charge is 2.11. The molecule has 0 spiro atoms. The standard InChI is InChI=1S/C19H24N8O2/c1-12(11-29-3)20-18-21-13(2)22-19(25-18)24-16-9-15(26-27-16)10-17(28)23-14-7-5-4-6-8-14/h4-9,12H,10-11H2,1-3H3,(H,23,28)(H3,20,21,22,24,25,26,27). The van der Waals surface area contributed by atoms with Crippen LogP contribution in [0.15, 0.2) is 36.4 Å². The zero-order chi connectivity index (χ0) is 20.6. The smallest absolute Gasteiger partial charge is 0.233 e. The molecule has 0 bridgehead atoms. The van der Waals surface area contributed by atoms with Crippen molar-refractivity contribution in [3.05, 3.63) is 47.9 Å². The molecule has 3 aromatic rings. The first-order valence-corrected chi connectivity index (χ1v) is 9.16. The van der Waals surface area contributed by atoms with Crippen LogP contribution in [-0.4, -0.2) is 50.8 Å². The Morgan fingerprint density at radius 3 is 2.69 bits per heavy atom. The fourth-order valence-electron chi connectivity index (χ4n) is 2.64. The number of aromatic amines is 1. The van der Waals surface area contributed by atoms with Gasteiger partial charge in [-0.25, -0.2) is 0 Å². The molecule has 0 aliphatic heterocycles. The van der Waals surface area contributed by atoms with Crippen LogP contribution >= 0.6 is 0 Å². The van der Waals surface area contributed by atoms with Crippen LogP contribution in [-0.2, 0) is 16.0 Å². The first kappa shape index (κ1) is 20.2. The number of nitrogens with one attached hydrogen (secondary N) is 4. The van der Waals surface area contributed by atoms with Gasteiger partial charge in [-0.15, -0.1) is 0 Å². The number of ether oxygens (including phenoxy) is 1. The number of para-hydroxylation sites is 1. The van der Waals surface area contributed by atoms with Gasteiger partial charge in [0, 0.05) is 30.6 Å². The minimum Gasteiger partial charge on any atom is -0.383 e. The second-order valence-corrected chi connectivity index (χ2v) is 6.52. The number of hydrogen-bond acceptors (Lipinski definition) is 8. The number of carbonyl (C=O) groups is 1. The molecule has 2 aromatic heterocycles. The molecule has 1 amide bonds. The SMILES string of the molecule is COCC(C)Nc1nc(C)nc(Nc2cc(CC(=O)Nc3ccccc3)[nH]n2)n1. The number of anilines is 4. The van der Waals surface area contributed by atoms with Crippen molar-refractivity contribution in [2.45, 2.75) is 26.3 Å². The van der Waals surface area contributed by atoms with Gasteiger partial charge in [0.05, 0.1) is 13.0 Å². The Kier molecular flexibility index (Phi) is 6.69. The fraction of sp³-hybridized carbons (Fsp3) is 0.316. The Balaban J connectivity index is 1.61. The molecule has 1 unspecified atom stereocenters. The van der Waals surface area contributed by atoms with Gasteiger partial charge in [-0.1, -0.05) is 18.2 Å². The van der Waals surface area contributed by atoms with Crippen molar-refractivity contribution in [2.75, 3.05) is 29.7 Å². The number of rotatable bonds is 9. The van der Waals surface area contributed by atoms with Crippen molar-refractivity contribution >= 4 is 29.3 Å². The van der Waals surface area contributed by atoms with E-state index in [1.165, 1.54) is 0 Å². The van der Waals surface area contributed by atoms with Gasteiger partial charge in [-0.3, -0.25) is 9.89 Å². The van der Waals surface area contributed by atoms with E-state index in [0.717, 1.165) is 5.69 Å². The van der Waals surface area contributed by atoms with E-state index in [1.807, 2.05) is 37.3 Å². The quantitative estimate of drug-likeness (QED) is 0.433. The van der Waals surface area contributed by atoms with E-state index < -0.39 is 0 Å². The Hall–Kier alpha value is -3.53. The number of methoxy groups -OCH3 is 1. The van der Waals surface area contributed by atoms with E-state index in [-0.39, 0.29) is 18.4 Å². The zero-order valence-electron chi connectivity index (χ0n) is 16.6. The largest absolute Gasteiger partial charge is 0.383 e. The van der Waals surface area contributed by atoms with Crippen LogP contribution in [0.2, 0.25) is 0 Å². The van der Waals surface area contributed by atoms with Crippen molar-refractivity contribution in [2.24, 2.45) is 0 Å². The second-order valence-electron chi connectivity index (χ2n) is 6.52. The van der Waals surface area contributed by atoms with Crippen molar-refractivity contribution in [1.82, 2.24) is 25.1 Å². The number of benzene rings is 1. The molecule has 1 aromatic carbocycles. The highest BCUT2D eigenvalue weighted by atomic mass is 16.5. The molecule has 0 fully saturated rings. The Bertz CT molecular complexity index is 944. The predicted octanol–water partition coefficient (Wildman–Crippen LogP) is 2.27. The molecule has 4 N–H and O–H groups in total. The van der Waals surface area contributed by atoms with Crippen LogP contribution in [0.3, 0.4) is 0 Å². The lowest BCUT2D eigenvalue weighted by Crippen LogP contribution is -2.22. The average molecular weight is 396 g/mol. The van der Waals surface area contributed by atoms with Crippen molar-refractivity contribution in [3.63, 3.8) is 0 Å². The number of H-pyrrole nitrogens is 1. The summed E-state index contributed by atoms with van der Waals surface area (Å²) >= 11 is 0. The zero-order valence-corrected chi connectivity index (χ0v) is 16.6. The second kappa shape index (κ2) is 9.60. The minimum absolute atomic E-state index is 0.0507. The summed E-state index contributed by atoms with van der Waals surface area (Å²) in [4.78, 5) is 25.1. The molecule has 0 saturated heterocycles. The summed E-state index contributed by atoms with van der Waals surface area (Å²) < 4.78 is 5.11. The molecule has 29 heavy (non-hydrogen) atoms. The number of amides is 1. The van der Waals surface area contributed by atoms with E-state index >= 15 is 0 Å². The third-order valence-corrected chi connectivity index (χ3v) is 3.82. The lowest BCUT2D eigenvalue weighted by atomic mass is 10.2. The van der Waals surface area contributed by atoms with Crippen LogP contribution in [0.4, 0.5) is 23.4 Å². The monoisotopic (exact) mass is 396 g/mol. The summed E-state index contributed by atoms with van der Waals surface area (Å²) in [6, 6.07) is 11.1. The summed E-state index contributed by atoms with van der Waals surface area (Å²) in [5, 5.41) is 16.0. The summed E-state index contributed by atoms with van der Waals surface area (Å²) in [5.41, 5.74) is 1.41. The van der Waals surface area contributed by atoms with Gasteiger partial charge in [-0.2, -0.15) is 20.1 Å². The van der Waals surface area contributed by atoms with Crippen LogP contribution in [0.1, 0.15) is 18.4 Å². The topological polar surface area (TPSA) is 130 Å². The first-order valence-electron chi connectivity index (χ1n) is 9.16. The lowest BCUT2D eigenvalue weighted by Gasteiger charge is -2.13. The molecule has 10 nitrogen and oxygen atoms in total. The van der Waals surface area contributed by atoms with Crippen LogP contribution in [0, 0.1) is 6.92 Å². The van der Waals surface area contributed by atoms with Crippen LogP contribution < -0.4 is 16.0 Å². The molecule has 0 aliphatic carbocycles. The van der Waals surface area contributed by atoms with E-state index in [9.17, 15) is 4.79 Å². The number of aryl methyl sites for hydroxylation is 1. The summed E-state index contributed by atoms with van der Waals surface area (Å²) in [7, 11) is 1.64. The number of aromatic nitrogens is 5.